The molecule has 0 bridgehead atoms. The molecular weight excluding hydrogens is 712 g/mol. The van der Waals surface area contributed by atoms with Crippen molar-refractivity contribution in [2.75, 3.05) is 63.9 Å². The second-order valence-corrected chi connectivity index (χ2v) is 14.1. The van der Waals surface area contributed by atoms with Gasteiger partial charge in [0, 0.05) is 38.3 Å². The number of hydrogen-bond donors (Lipinski definition) is 9. The van der Waals surface area contributed by atoms with Gasteiger partial charge in [-0.2, -0.15) is 0 Å². The smallest absolute Gasteiger partial charge is 0.273 e. The Kier molecular flexibility index (Phi) is 19.6. The van der Waals surface area contributed by atoms with E-state index in [1.807, 2.05) is 35.2 Å². The van der Waals surface area contributed by atoms with Gasteiger partial charge in [0.15, 0.2) is 22.5 Å². The highest BCUT2D eigenvalue weighted by Crippen LogP contribution is 2.18. The molecule has 3 rings (SSSR count). The van der Waals surface area contributed by atoms with Crippen LogP contribution in [-0.4, -0.2) is 118 Å². The minimum Gasteiger partial charge on any atom is -0.396 e. The van der Waals surface area contributed by atoms with Gasteiger partial charge in [-0.25, -0.2) is 9.97 Å². The zero-order valence-electron chi connectivity index (χ0n) is 31.5. The molecule has 0 radical (unpaired) electrons. The first-order valence-corrected chi connectivity index (χ1v) is 19.2. The third-order valence-electron chi connectivity index (χ3n) is 9.35. The largest absolute Gasteiger partial charge is 0.396 e. The summed E-state index contributed by atoms with van der Waals surface area (Å²) in [6, 6.07) is 15.6. The van der Waals surface area contributed by atoms with Gasteiger partial charge in [-0.05, 0) is 87.0 Å². The first-order chi connectivity index (χ1) is 25.9. The maximum Gasteiger partial charge on any atom is 0.273 e. The molecule has 0 fully saturated rings. The van der Waals surface area contributed by atoms with E-state index in [2.05, 4.69) is 51.9 Å². The van der Waals surface area contributed by atoms with Gasteiger partial charge in [-0.15, -0.1) is 0 Å². The van der Waals surface area contributed by atoms with Crippen molar-refractivity contribution in [3.63, 3.8) is 0 Å². The number of nitrogens with two attached hydrogens (primary N) is 2. The molecule has 4 atom stereocenters. The monoisotopic (exact) mass is 770 g/mol. The van der Waals surface area contributed by atoms with Crippen molar-refractivity contribution < 1.29 is 30.0 Å². The van der Waals surface area contributed by atoms with Crippen molar-refractivity contribution >= 4 is 35.1 Å². The van der Waals surface area contributed by atoms with Crippen molar-refractivity contribution in [1.82, 2.24) is 30.8 Å². The summed E-state index contributed by atoms with van der Waals surface area (Å²) in [6.07, 6.45) is 1.69. The Bertz CT molecular complexity index is 1600. The highest BCUT2D eigenvalue weighted by atomic mass is 35.5. The third-order valence-corrected chi connectivity index (χ3v) is 9.63. The summed E-state index contributed by atoms with van der Waals surface area (Å²) in [5.41, 5.74) is 15.3. The van der Waals surface area contributed by atoms with Gasteiger partial charge in [0.25, 0.3) is 11.8 Å². The number of aryl methyl sites for hydroxylation is 1. The van der Waals surface area contributed by atoms with Crippen LogP contribution in [0.15, 0.2) is 48.5 Å². The number of amides is 2. The molecule has 3 aromatic rings. The summed E-state index contributed by atoms with van der Waals surface area (Å²) in [5.74, 6) is -0.806. The number of rotatable bonds is 25. The molecule has 0 aliphatic heterocycles. The summed E-state index contributed by atoms with van der Waals surface area (Å²) in [4.78, 5) is 35.9. The van der Waals surface area contributed by atoms with Crippen LogP contribution in [0.25, 0.3) is 0 Å². The van der Waals surface area contributed by atoms with Gasteiger partial charge >= 0.3 is 0 Å². The Balaban J connectivity index is 1.53. The third kappa shape index (κ3) is 15.1. The molecule has 0 spiro atoms. The molecule has 0 saturated carbocycles. The number of carbonyl (C=O) groups excluding carboxylic acids is 2. The van der Waals surface area contributed by atoms with Crippen molar-refractivity contribution in [2.24, 2.45) is 5.92 Å². The summed E-state index contributed by atoms with van der Waals surface area (Å²) >= 11 is 5.98. The van der Waals surface area contributed by atoms with E-state index in [9.17, 15) is 24.9 Å². The van der Waals surface area contributed by atoms with E-state index in [4.69, 9.17) is 28.2 Å². The van der Waals surface area contributed by atoms with Gasteiger partial charge in [0.05, 0.1) is 12.2 Å². The summed E-state index contributed by atoms with van der Waals surface area (Å²) in [5, 5.41) is 49.3. The van der Waals surface area contributed by atoms with Crippen molar-refractivity contribution in [1.29, 1.82) is 0 Å². The number of benzene rings is 2. The van der Waals surface area contributed by atoms with Crippen LogP contribution in [0.3, 0.4) is 0 Å². The number of aromatic nitrogens is 2. The molecule has 54 heavy (non-hydrogen) atoms. The summed E-state index contributed by atoms with van der Waals surface area (Å²) in [6.45, 7) is 7.10. The van der Waals surface area contributed by atoms with Crippen LogP contribution < -0.4 is 27.4 Å². The van der Waals surface area contributed by atoms with E-state index in [0.717, 1.165) is 43.2 Å². The molecule has 2 aromatic carbocycles. The van der Waals surface area contributed by atoms with Crippen molar-refractivity contribution in [3.8, 4) is 0 Å². The lowest BCUT2D eigenvalue weighted by Crippen LogP contribution is -2.46. The van der Waals surface area contributed by atoms with Gasteiger partial charge < -0.3 is 47.8 Å². The number of carbonyl (C=O) groups is 2. The van der Waals surface area contributed by atoms with Crippen LogP contribution in [0.4, 0.5) is 11.6 Å². The summed E-state index contributed by atoms with van der Waals surface area (Å²) < 4.78 is 0. The molecule has 0 saturated heterocycles. The van der Waals surface area contributed by atoms with E-state index in [0.29, 0.717) is 51.3 Å². The number of nitrogens with zero attached hydrogens (tertiary/aromatic N) is 3. The van der Waals surface area contributed by atoms with Crippen LogP contribution >= 0.6 is 11.6 Å². The minimum atomic E-state index is -1.38. The number of hydrogen-bond acceptors (Lipinski definition) is 12. The van der Waals surface area contributed by atoms with Gasteiger partial charge in [0.1, 0.15) is 6.10 Å². The normalized spacial score (nSPS) is 13.7. The number of halogens is 1. The number of nitrogens with one attached hydrogen (secondary N) is 3. The zero-order valence-corrected chi connectivity index (χ0v) is 32.3. The zero-order chi connectivity index (χ0) is 39.5. The topological polar surface area (TPSA) is 232 Å². The average molecular weight is 771 g/mol. The lowest BCUT2D eigenvalue weighted by molar-refractivity contribution is -0.0746. The Morgan fingerprint density at radius 2 is 1.67 bits per heavy atom. The van der Waals surface area contributed by atoms with E-state index >= 15 is 0 Å². The van der Waals surface area contributed by atoms with Crippen LogP contribution in [0.2, 0.25) is 5.15 Å². The van der Waals surface area contributed by atoms with E-state index in [1.54, 1.807) is 6.07 Å². The van der Waals surface area contributed by atoms with E-state index in [1.165, 1.54) is 5.56 Å². The second kappa shape index (κ2) is 23.8. The minimum absolute atomic E-state index is 0.0248. The average Bonchev–Trinajstić information content (AvgIpc) is 3.15. The molecule has 11 N–H and O–H groups in total. The Labute approximate surface area is 323 Å². The maximum absolute atomic E-state index is 13.1. The molecule has 0 aliphatic carbocycles. The first kappa shape index (κ1) is 44.5. The first-order valence-electron chi connectivity index (χ1n) is 18.8. The highest BCUT2D eigenvalue weighted by Gasteiger charge is 2.26. The van der Waals surface area contributed by atoms with Gasteiger partial charge in [-0.3, -0.25) is 14.5 Å². The molecule has 298 valence electrons. The molecule has 1 heterocycles. The van der Waals surface area contributed by atoms with E-state index in [-0.39, 0.29) is 53.9 Å². The number of aliphatic hydroxyl groups excluding tert-OH is 4. The second-order valence-electron chi connectivity index (χ2n) is 13.7. The Morgan fingerprint density at radius 1 is 0.889 bits per heavy atom. The molecule has 0 aliphatic rings. The Morgan fingerprint density at radius 3 is 2.41 bits per heavy atom. The SMILES string of the molecule is CCCCCCN(CCNC(=O)c1cccc(CCNC[C@H](CNC(=O)c2nc(Cl)c(N)nc2N)Cc2ccccc2C)c1)C[C@H](O)[C@@H](O)[C@H](O)CCO. The predicted molar refractivity (Wildman–Crippen MR) is 212 cm³/mol. The van der Waals surface area contributed by atoms with Crippen molar-refractivity contribution in [2.45, 2.75) is 77.1 Å². The molecule has 0 unspecified atom stereocenters. The lowest BCUT2D eigenvalue weighted by Gasteiger charge is -2.29. The predicted octanol–water partition coefficient (Wildman–Crippen LogP) is 2.10. The highest BCUT2D eigenvalue weighted by molar-refractivity contribution is 6.31. The van der Waals surface area contributed by atoms with Crippen LogP contribution in [0, 0.1) is 12.8 Å². The number of unbranched alkanes of at least 4 members (excludes halogenated alkanes) is 3. The lowest BCUT2D eigenvalue weighted by atomic mass is 9.95. The molecule has 15 heteroatoms. The number of anilines is 2. The van der Waals surface area contributed by atoms with Crippen LogP contribution in [0.1, 0.15) is 76.6 Å². The van der Waals surface area contributed by atoms with Crippen LogP contribution in [0.5, 0.6) is 0 Å². The van der Waals surface area contributed by atoms with E-state index < -0.39 is 24.2 Å². The molecule has 2 amide bonds. The standard InChI is InChI=1S/C39H59ClN8O6/c1-3-4-5-8-18-48(25-32(51)34(52)31(50)15-20-49)19-17-44-38(53)30-13-9-11-27(21-30)14-16-43-23-28(22-29-12-7-6-10-26(29)2)24-45-39(54)33-36(41)47-37(42)35(40)46-33/h6-7,9-13,21,28,31-32,34,43,49-52H,3-5,8,14-20,22-25H2,1-2H3,(H,44,53)(H,45,54)(H4,41,42,47)/t28-,31-,32+,34+/m1/s1. The fourth-order valence-electron chi connectivity index (χ4n) is 6.12. The fraction of sp³-hybridized carbons (Fsp3) is 0.538. The molecular formula is C39H59ClN8O6. The van der Waals surface area contributed by atoms with Gasteiger partial charge in [0.2, 0.25) is 0 Å². The quantitative estimate of drug-likeness (QED) is 0.0564. The van der Waals surface area contributed by atoms with Gasteiger partial charge in [-0.1, -0.05) is 74.2 Å². The Hall–Kier alpha value is -3.89. The maximum atomic E-state index is 13.1. The molecule has 14 nitrogen and oxygen atoms in total. The fourth-order valence-corrected chi connectivity index (χ4v) is 6.25. The number of aliphatic hydroxyl groups is 4. The van der Waals surface area contributed by atoms with Crippen molar-refractivity contribution in [3.05, 3.63) is 81.6 Å². The molecule has 1 aromatic heterocycles. The number of nitrogen functional groups attached to an aromatic ring is 2. The van der Waals surface area contributed by atoms with Crippen LogP contribution in [-0.2, 0) is 12.8 Å². The summed E-state index contributed by atoms with van der Waals surface area (Å²) in [7, 11) is 0.